The van der Waals surface area contributed by atoms with Crippen LogP contribution in [-0.2, 0) is 6.54 Å². The van der Waals surface area contributed by atoms with Crippen molar-refractivity contribution in [3.63, 3.8) is 0 Å². The Kier molecular flexibility index (Phi) is 4.04. The molecule has 0 atom stereocenters. The van der Waals surface area contributed by atoms with Gasteiger partial charge in [0, 0.05) is 12.4 Å². The van der Waals surface area contributed by atoms with Gasteiger partial charge in [0.25, 0.3) is 5.91 Å². The van der Waals surface area contributed by atoms with Crippen LogP contribution in [0.25, 0.3) is 11.6 Å². The maximum Gasteiger partial charge on any atom is 0.274 e. The zero-order chi connectivity index (χ0) is 18.1. The molecule has 26 heavy (non-hydrogen) atoms. The lowest BCUT2D eigenvalue weighted by Crippen LogP contribution is -2.26. The molecule has 0 bridgehead atoms. The molecule has 1 amide bonds. The van der Waals surface area contributed by atoms with E-state index in [0.29, 0.717) is 29.0 Å². The van der Waals surface area contributed by atoms with Crippen molar-refractivity contribution in [3.05, 3.63) is 47.6 Å². The van der Waals surface area contributed by atoms with Crippen molar-refractivity contribution in [1.29, 1.82) is 0 Å². The molecular weight excluding hydrogens is 334 g/mol. The number of rotatable bonds is 5. The first-order valence-electron chi connectivity index (χ1n) is 8.25. The highest BCUT2D eigenvalue weighted by molar-refractivity contribution is 5.96. The second kappa shape index (κ2) is 6.51. The van der Waals surface area contributed by atoms with Gasteiger partial charge in [-0.25, -0.2) is 24.9 Å². The van der Waals surface area contributed by atoms with Crippen molar-refractivity contribution >= 4 is 11.7 Å². The molecule has 0 unspecified atom stereocenters. The highest BCUT2D eigenvalue weighted by atomic mass is 16.3. The number of nitrogen functional groups attached to an aromatic ring is 1. The molecule has 0 spiro atoms. The Hall–Kier alpha value is -3.36. The van der Waals surface area contributed by atoms with Gasteiger partial charge in [0.15, 0.2) is 11.5 Å². The summed E-state index contributed by atoms with van der Waals surface area (Å²) in [5.74, 6) is 0.997. The van der Waals surface area contributed by atoms with E-state index in [1.807, 2.05) is 12.4 Å². The molecule has 1 aliphatic carbocycles. The summed E-state index contributed by atoms with van der Waals surface area (Å²) in [6.45, 7) is 1.90. The van der Waals surface area contributed by atoms with Gasteiger partial charge in [0.2, 0.25) is 5.89 Å². The number of hydrogen-bond donors (Lipinski definition) is 2. The topological polar surface area (TPSA) is 133 Å². The molecule has 0 saturated heterocycles. The van der Waals surface area contributed by atoms with Gasteiger partial charge in [-0.2, -0.15) is 0 Å². The highest BCUT2D eigenvalue weighted by Crippen LogP contribution is 2.39. The predicted octanol–water partition coefficient (Wildman–Crippen LogP) is 1.62. The Balaban J connectivity index is 1.46. The first-order valence-corrected chi connectivity index (χ1v) is 8.25. The molecule has 3 aromatic heterocycles. The van der Waals surface area contributed by atoms with E-state index in [-0.39, 0.29) is 18.1 Å². The van der Waals surface area contributed by atoms with E-state index >= 15 is 0 Å². The minimum Gasteiger partial charge on any atom is -0.443 e. The Morgan fingerprint density at radius 2 is 2.04 bits per heavy atom. The lowest BCUT2D eigenvalue weighted by Gasteiger charge is -2.09. The number of oxazole rings is 1. The molecule has 9 nitrogen and oxygen atoms in total. The average molecular weight is 351 g/mol. The van der Waals surface area contributed by atoms with Crippen LogP contribution in [0.5, 0.6) is 0 Å². The van der Waals surface area contributed by atoms with Crippen molar-refractivity contribution in [3.8, 4) is 11.6 Å². The van der Waals surface area contributed by atoms with Crippen LogP contribution in [0.1, 0.15) is 46.3 Å². The zero-order valence-electron chi connectivity index (χ0n) is 14.1. The van der Waals surface area contributed by atoms with Gasteiger partial charge in [-0.3, -0.25) is 4.79 Å². The Labute approximate surface area is 149 Å². The molecule has 3 N–H and O–H groups in total. The summed E-state index contributed by atoms with van der Waals surface area (Å²) in [5, 5.41) is 2.72. The van der Waals surface area contributed by atoms with E-state index in [0.717, 1.165) is 5.56 Å². The van der Waals surface area contributed by atoms with Crippen molar-refractivity contribution in [2.45, 2.75) is 32.2 Å². The number of nitrogens with zero attached hydrogens (tertiary/aromatic N) is 5. The average Bonchev–Trinajstić information content (AvgIpc) is 3.36. The van der Waals surface area contributed by atoms with E-state index in [4.69, 9.17) is 10.2 Å². The number of nitrogens with two attached hydrogens (primary N) is 1. The predicted molar refractivity (Wildman–Crippen MR) is 91.9 cm³/mol. The van der Waals surface area contributed by atoms with Gasteiger partial charge in [0.1, 0.15) is 17.8 Å². The Bertz CT molecular complexity index is 935. The van der Waals surface area contributed by atoms with Crippen LogP contribution in [-0.4, -0.2) is 30.8 Å². The molecule has 9 heteroatoms. The van der Waals surface area contributed by atoms with E-state index in [2.05, 4.69) is 30.2 Å². The van der Waals surface area contributed by atoms with E-state index in [9.17, 15) is 4.79 Å². The minimum atomic E-state index is -0.438. The third-order valence-corrected chi connectivity index (χ3v) is 4.13. The second-order valence-electron chi connectivity index (χ2n) is 6.12. The molecule has 1 fully saturated rings. The summed E-state index contributed by atoms with van der Waals surface area (Å²) in [6.07, 6.45) is 8.95. The smallest absolute Gasteiger partial charge is 0.274 e. The quantitative estimate of drug-likeness (QED) is 0.708. The van der Waals surface area contributed by atoms with Gasteiger partial charge < -0.3 is 15.5 Å². The molecule has 3 aromatic rings. The van der Waals surface area contributed by atoms with Crippen molar-refractivity contribution in [2.24, 2.45) is 0 Å². The summed E-state index contributed by atoms with van der Waals surface area (Å²) in [5.41, 5.74) is 7.99. The Morgan fingerprint density at radius 3 is 2.69 bits per heavy atom. The number of anilines is 1. The first-order chi connectivity index (χ1) is 12.6. The zero-order valence-corrected chi connectivity index (χ0v) is 14.1. The molecule has 4 rings (SSSR count). The maximum absolute atomic E-state index is 12.4. The van der Waals surface area contributed by atoms with E-state index in [1.54, 1.807) is 6.92 Å². The number of aryl methyl sites for hydroxylation is 1. The van der Waals surface area contributed by atoms with Gasteiger partial charge in [0.05, 0.1) is 18.4 Å². The molecule has 3 heterocycles. The number of amides is 1. The number of aromatic nitrogens is 5. The van der Waals surface area contributed by atoms with Gasteiger partial charge in [-0.1, -0.05) is 0 Å². The largest absolute Gasteiger partial charge is 0.443 e. The molecule has 0 aromatic carbocycles. The van der Waals surface area contributed by atoms with Crippen molar-refractivity contribution in [2.75, 3.05) is 5.73 Å². The van der Waals surface area contributed by atoms with Crippen LogP contribution in [0.4, 0.5) is 5.82 Å². The summed E-state index contributed by atoms with van der Waals surface area (Å²) < 4.78 is 5.21. The molecule has 0 radical (unpaired) electrons. The SMILES string of the molecule is Cc1nc(C(=O)NCc2ncc(C3CC3)cn2)c(N)nc1-c1ncco1. The number of carbonyl (C=O) groups is 1. The summed E-state index contributed by atoms with van der Waals surface area (Å²) in [6, 6.07) is 0. The molecule has 0 aliphatic heterocycles. The molecule has 1 aliphatic rings. The monoisotopic (exact) mass is 351 g/mol. The molecular formula is C17H17N7O2. The van der Waals surface area contributed by atoms with Crippen LogP contribution in [0.2, 0.25) is 0 Å². The fraction of sp³-hybridized carbons (Fsp3) is 0.294. The fourth-order valence-corrected chi connectivity index (χ4v) is 2.57. The normalized spacial score (nSPS) is 13.6. The van der Waals surface area contributed by atoms with Crippen LogP contribution in [0.15, 0.2) is 29.3 Å². The van der Waals surface area contributed by atoms with Gasteiger partial charge in [-0.05, 0) is 31.2 Å². The summed E-state index contributed by atoms with van der Waals surface area (Å²) in [7, 11) is 0. The van der Waals surface area contributed by atoms with Crippen molar-refractivity contribution in [1.82, 2.24) is 30.2 Å². The first kappa shape index (κ1) is 16.1. The number of hydrogen-bond acceptors (Lipinski definition) is 8. The number of nitrogens with one attached hydrogen (secondary N) is 1. The minimum absolute atomic E-state index is 0.00583. The van der Waals surface area contributed by atoms with Crippen molar-refractivity contribution < 1.29 is 9.21 Å². The fourth-order valence-electron chi connectivity index (χ4n) is 2.57. The van der Waals surface area contributed by atoms with E-state index in [1.165, 1.54) is 25.3 Å². The van der Waals surface area contributed by atoms with Gasteiger partial charge >= 0.3 is 0 Å². The third-order valence-electron chi connectivity index (χ3n) is 4.13. The maximum atomic E-state index is 12.4. The summed E-state index contributed by atoms with van der Waals surface area (Å²) >= 11 is 0. The Morgan fingerprint density at radius 1 is 1.27 bits per heavy atom. The lowest BCUT2D eigenvalue weighted by molar-refractivity contribution is 0.0945. The summed E-state index contributed by atoms with van der Waals surface area (Å²) in [4.78, 5) is 33.4. The molecule has 132 valence electrons. The highest BCUT2D eigenvalue weighted by Gasteiger charge is 2.24. The van der Waals surface area contributed by atoms with E-state index < -0.39 is 5.91 Å². The molecule has 1 saturated carbocycles. The van der Waals surface area contributed by atoms with Crippen LogP contribution < -0.4 is 11.1 Å². The third kappa shape index (κ3) is 3.23. The number of carbonyl (C=O) groups excluding carboxylic acids is 1. The van der Waals surface area contributed by atoms with Gasteiger partial charge in [-0.15, -0.1) is 0 Å². The second-order valence-corrected chi connectivity index (χ2v) is 6.12. The van der Waals surface area contributed by atoms with Crippen LogP contribution in [0, 0.1) is 6.92 Å². The van der Waals surface area contributed by atoms with Crippen LogP contribution in [0.3, 0.4) is 0 Å². The standard InChI is InChI=1S/C17H17N7O2/c1-9-13(17-19-4-5-26-17)24-15(18)14(23-9)16(25)22-8-12-20-6-11(7-21-12)10-2-3-10/h4-7,10H,2-3,8H2,1H3,(H2,18,24)(H,22,25). The lowest BCUT2D eigenvalue weighted by atomic mass is 10.2. The van der Waals surface area contributed by atoms with Crippen LogP contribution >= 0.6 is 0 Å².